The van der Waals surface area contributed by atoms with E-state index in [1.807, 2.05) is 0 Å². The first-order valence-corrected chi connectivity index (χ1v) is 10.6. The van der Waals surface area contributed by atoms with Crippen LogP contribution in [0.4, 0.5) is 13.2 Å². The van der Waals surface area contributed by atoms with E-state index in [4.69, 9.17) is 16.3 Å². The van der Waals surface area contributed by atoms with Crippen molar-refractivity contribution in [1.29, 1.82) is 0 Å². The minimum Gasteiger partial charge on any atom is -0.485 e. The van der Waals surface area contributed by atoms with Crippen LogP contribution in [0.25, 0.3) is 11.5 Å². The number of aryl methyl sites for hydroxylation is 2. The van der Waals surface area contributed by atoms with E-state index in [0.29, 0.717) is 11.6 Å². The summed E-state index contributed by atoms with van der Waals surface area (Å²) >= 11 is 6.23. The summed E-state index contributed by atoms with van der Waals surface area (Å²) in [6.07, 6.45) is 3.48. The van der Waals surface area contributed by atoms with E-state index < -0.39 is 40.6 Å². The molecule has 186 valence electrons. The number of halogens is 4. The van der Waals surface area contributed by atoms with Gasteiger partial charge in [-0.2, -0.15) is 5.10 Å². The highest BCUT2D eigenvalue weighted by molar-refractivity contribution is 6.31. The molecule has 0 N–H and O–H groups in total. The smallest absolute Gasteiger partial charge is 0.358 e. The fraction of sp³-hybridized carbons (Fsp3) is 0.174. The van der Waals surface area contributed by atoms with Crippen molar-refractivity contribution in [3.05, 3.63) is 92.3 Å². The number of hydrogen-bond acceptors (Lipinski definition) is 7. The van der Waals surface area contributed by atoms with E-state index in [2.05, 4.69) is 19.8 Å². The van der Waals surface area contributed by atoms with E-state index in [9.17, 15) is 18.4 Å². The molecule has 0 atom stereocenters. The van der Waals surface area contributed by atoms with Gasteiger partial charge in [-0.05, 0) is 25.5 Å². The Morgan fingerprint density at radius 1 is 1.14 bits per heavy atom. The third-order valence-corrected chi connectivity index (χ3v) is 5.48. The number of rotatable bonds is 6. The third-order valence-electron chi connectivity index (χ3n) is 5.13. The summed E-state index contributed by atoms with van der Waals surface area (Å²) < 4.78 is 54.7. The highest BCUT2D eigenvalue weighted by atomic mass is 35.5. The third kappa shape index (κ3) is 4.54. The molecule has 4 aromatic heterocycles. The quantitative estimate of drug-likeness (QED) is 0.356. The van der Waals surface area contributed by atoms with Crippen LogP contribution in [0.1, 0.15) is 27.4 Å². The SMILES string of the molecule is COC(=O)c1ccn(-c2ncc(C)c(-n3c(C)cc(OCc4ncc(F)cc4F)c(Cl)c3=O)c2F)n1. The average molecular weight is 520 g/mol. The molecule has 0 radical (unpaired) electrons. The number of carbonyl (C=O) groups excluding carboxylic acids is 1. The molecular weight excluding hydrogens is 503 g/mol. The molecule has 9 nitrogen and oxygen atoms in total. The maximum absolute atomic E-state index is 15.7. The van der Waals surface area contributed by atoms with Crippen LogP contribution >= 0.6 is 11.6 Å². The Bertz CT molecular complexity index is 1550. The summed E-state index contributed by atoms with van der Waals surface area (Å²) in [6, 6.07) is 3.34. The number of aromatic nitrogens is 5. The number of pyridine rings is 3. The molecule has 0 spiro atoms. The number of methoxy groups -OCH3 is 1. The minimum absolute atomic E-state index is 0.0641. The maximum Gasteiger partial charge on any atom is 0.358 e. The van der Waals surface area contributed by atoms with Crippen molar-refractivity contribution in [3.63, 3.8) is 0 Å². The van der Waals surface area contributed by atoms with Gasteiger partial charge in [0.15, 0.2) is 23.1 Å². The Morgan fingerprint density at radius 2 is 1.89 bits per heavy atom. The molecule has 13 heteroatoms. The van der Waals surface area contributed by atoms with Gasteiger partial charge in [-0.25, -0.2) is 27.6 Å². The van der Waals surface area contributed by atoms with Gasteiger partial charge in [0, 0.05) is 30.2 Å². The molecular formula is C23H17ClF3N5O4. The second kappa shape index (κ2) is 9.82. The summed E-state index contributed by atoms with van der Waals surface area (Å²) in [5.74, 6) is -3.76. The second-order valence-corrected chi connectivity index (χ2v) is 7.92. The molecule has 4 heterocycles. The zero-order valence-corrected chi connectivity index (χ0v) is 19.8. The van der Waals surface area contributed by atoms with E-state index >= 15 is 4.39 Å². The van der Waals surface area contributed by atoms with E-state index in [0.717, 1.165) is 15.4 Å². The molecule has 36 heavy (non-hydrogen) atoms. The van der Waals surface area contributed by atoms with Crippen molar-refractivity contribution in [2.75, 3.05) is 7.11 Å². The van der Waals surface area contributed by atoms with Crippen LogP contribution in [-0.2, 0) is 11.3 Å². The van der Waals surface area contributed by atoms with Crippen LogP contribution in [0.3, 0.4) is 0 Å². The second-order valence-electron chi connectivity index (χ2n) is 7.54. The number of hydrogen-bond donors (Lipinski definition) is 0. The number of nitrogens with zero attached hydrogens (tertiary/aromatic N) is 5. The molecule has 0 aromatic carbocycles. The van der Waals surface area contributed by atoms with Crippen molar-refractivity contribution >= 4 is 17.6 Å². The summed E-state index contributed by atoms with van der Waals surface area (Å²) in [5.41, 5.74) is -0.663. The van der Waals surface area contributed by atoms with Crippen LogP contribution in [0.15, 0.2) is 41.6 Å². The van der Waals surface area contributed by atoms with Gasteiger partial charge in [-0.1, -0.05) is 11.6 Å². The minimum atomic E-state index is -0.924. The van der Waals surface area contributed by atoms with Crippen LogP contribution < -0.4 is 10.3 Å². The predicted molar refractivity (Wildman–Crippen MR) is 121 cm³/mol. The van der Waals surface area contributed by atoms with E-state index in [1.54, 1.807) is 6.92 Å². The molecule has 0 saturated heterocycles. The monoisotopic (exact) mass is 519 g/mol. The summed E-state index contributed by atoms with van der Waals surface area (Å²) in [7, 11) is 1.18. The Hall–Kier alpha value is -4.19. The lowest BCUT2D eigenvalue weighted by atomic mass is 10.2. The van der Waals surface area contributed by atoms with Crippen LogP contribution in [0.2, 0.25) is 5.02 Å². The van der Waals surface area contributed by atoms with Gasteiger partial charge in [0.05, 0.1) is 19.0 Å². The number of ether oxygens (including phenoxy) is 2. The summed E-state index contributed by atoms with van der Waals surface area (Å²) in [5, 5.41) is 3.57. The van der Waals surface area contributed by atoms with Gasteiger partial charge in [-0.15, -0.1) is 0 Å². The molecule has 0 fully saturated rings. The Labute approximate surface area is 206 Å². The zero-order chi connectivity index (χ0) is 26.1. The Balaban J connectivity index is 1.74. The van der Waals surface area contributed by atoms with Gasteiger partial charge in [-0.3, -0.25) is 14.3 Å². The normalized spacial score (nSPS) is 11.0. The molecule has 0 amide bonds. The zero-order valence-electron chi connectivity index (χ0n) is 19.1. The molecule has 0 aliphatic carbocycles. The van der Waals surface area contributed by atoms with Crippen molar-refractivity contribution in [3.8, 4) is 17.3 Å². The lowest BCUT2D eigenvalue weighted by Gasteiger charge is -2.17. The lowest BCUT2D eigenvalue weighted by Crippen LogP contribution is -2.24. The van der Waals surface area contributed by atoms with Crippen LogP contribution in [-0.4, -0.2) is 37.4 Å². The molecule has 0 aliphatic heterocycles. The topological polar surface area (TPSA) is 101 Å². The van der Waals surface area contributed by atoms with Crippen molar-refractivity contribution in [2.45, 2.75) is 20.5 Å². The Kier molecular flexibility index (Phi) is 6.80. The molecule has 4 aromatic rings. The van der Waals surface area contributed by atoms with E-state index in [-0.39, 0.29) is 34.3 Å². The first-order chi connectivity index (χ1) is 17.1. The lowest BCUT2D eigenvalue weighted by molar-refractivity contribution is 0.0593. The van der Waals surface area contributed by atoms with Crippen LogP contribution in [0.5, 0.6) is 5.75 Å². The highest BCUT2D eigenvalue weighted by Crippen LogP contribution is 2.28. The van der Waals surface area contributed by atoms with Crippen LogP contribution in [0, 0.1) is 31.3 Å². The van der Waals surface area contributed by atoms with Crippen molar-refractivity contribution in [1.82, 2.24) is 24.3 Å². The van der Waals surface area contributed by atoms with Crippen molar-refractivity contribution < 1.29 is 27.4 Å². The van der Waals surface area contributed by atoms with E-state index in [1.165, 1.54) is 38.6 Å². The van der Waals surface area contributed by atoms with Crippen molar-refractivity contribution in [2.24, 2.45) is 0 Å². The predicted octanol–water partition coefficient (Wildman–Crippen LogP) is 3.87. The average Bonchev–Trinajstić information content (AvgIpc) is 3.33. The summed E-state index contributed by atoms with van der Waals surface area (Å²) in [4.78, 5) is 32.5. The first kappa shape index (κ1) is 24.9. The Morgan fingerprint density at radius 3 is 2.58 bits per heavy atom. The molecule has 4 rings (SSSR count). The summed E-state index contributed by atoms with van der Waals surface area (Å²) in [6.45, 7) is 2.64. The van der Waals surface area contributed by atoms with Gasteiger partial charge < -0.3 is 9.47 Å². The van der Waals surface area contributed by atoms with Gasteiger partial charge in [0.2, 0.25) is 0 Å². The number of carbonyl (C=O) groups is 1. The van der Waals surface area contributed by atoms with Gasteiger partial charge in [0.25, 0.3) is 5.56 Å². The van der Waals surface area contributed by atoms with Gasteiger partial charge in [0.1, 0.15) is 28.9 Å². The highest BCUT2D eigenvalue weighted by Gasteiger charge is 2.23. The first-order valence-electron chi connectivity index (χ1n) is 10.3. The van der Waals surface area contributed by atoms with Gasteiger partial charge >= 0.3 is 5.97 Å². The number of esters is 1. The fourth-order valence-corrected chi connectivity index (χ4v) is 3.60. The standard InChI is InChI=1S/C23H17ClF3N5O4/c1-11-8-29-21(31-5-4-15(30-31)23(34)35-3)19(27)20(11)32-12(2)6-17(18(24)22(32)33)36-10-16-14(26)7-13(25)9-28-16/h4-9H,10H2,1-3H3. The fourth-order valence-electron chi connectivity index (χ4n) is 3.40. The molecule has 0 unspecified atom stereocenters. The largest absolute Gasteiger partial charge is 0.485 e. The molecule has 0 bridgehead atoms. The molecule has 0 aliphatic rings. The maximum atomic E-state index is 15.7. The molecule has 0 saturated carbocycles.